The van der Waals surface area contributed by atoms with Crippen molar-refractivity contribution in [3.05, 3.63) is 54.1 Å². The van der Waals surface area contributed by atoms with Gasteiger partial charge in [0.15, 0.2) is 0 Å². The fourth-order valence-corrected chi connectivity index (χ4v) is 4.42. The second-order valence-corrected chi connectivity index (χ2v) is 7.20. The van der Waals surface area contributed by atoms with Gasteiger partial charge in [0.1, 0.15) is 0 Å². The van der Waals surface area contributed by atoms with E-state index in [2.05, 4.69) is 12.1 Å². The minimum atomic E-state index is -4.29. The lowest BCUT2D eigenvalue weighted by atomic mass is 9.91. The molecule has 4 rings (SSSR count). The highest BCUT2D eigenvalue weighted by atomic mass is 31.2. The molecule has 110 valence electrons. The van der Waals surface area contributed by atoms with Gasteiger partial charge in [-0.2, -0.15) is 0 Å². The average Bonchev–Trinajstić information content (AvgIpc) is 2.51. The Labute approximate surface area is 127 Å². The molecule has 0 aliphatic carbocycles. The number of benzene rings is 4. The Morgan fingerprint density at radius 3 is 2.18 bits per heavy atom. The lowest BCUT2D eigenvalue weighted by molar-refractivity contribution is 0.387. The molecular formula is C18H15O3P. The van der Waals surface area contributed by atoms with Crippen molar-refractivity contribution in [2.75, 3.05) is 0 Å². The van der Waals surface area contributed by atoms with Crippen LogP contribution in [0.25, 0.3) is 32.3 Å². The Morgan fingerprint density at radius 2 is 1.55 bits per heavy atom. The first-order valence-corrected chi connectivity index (χ1v) is 8.87. The van der Waals surface area contributed by atoms with Crippen LogP contribution in [0, 0.1) is 0 Å². The summed E-state index contributed by atoms with van der Waals surface area (Å²) in [4.78, 5) is 19.4. The molecule has 0 amide bonds. The van der Waals surface area contributed by atoms with E-state index in [1.165, 1.54) is 5.39 Å². The molecule has 0 saturated heterocycles. The zero-order valence-electron chi connectivity index (χ0n) is 12.1. The minimum absolute atomic E-state index is 0.154. The maximum atomic E-state index is 11.9. The van der Waals surface area contributed by atoms with Crippen molar-refractivity contribution in [1.82, 2.24) is 0 Å². The van der Waals surface area contributed by atoms with E-state index in [1.54, 1.807) is 6.07 Å². The van der Waals surface area contributed by atoms with Crippen molar-refractivity contribution in [1.29, 1.82) is 0 Å². The molecule has 0 saturated carbocycles. The van der Waals surface area contributed by atoms with Crippen LogP contribution in [0.15, 0.2) is 48.5 Å². The maximum absolute atomic E-state index is 11.9. The molecule has 4 heteroatoms. The summed E-state index contributed by atoms with van der Waals surface area (Å²) in [5.74, 6) is 0. The van der Waals surface area contributed by atoms with Gasteiger partial charge in [-0.05, 0) is 50.4 Å². The predicted octanol–water partition coefficient (Wildman–Crippen LogP) is 3.95. The summed E-state index contributed by atoms with van der Waals surface area (Å²) >= 11 is 0. The van der Waals surface area contributed by atoms with Gasteiger partial charge in [0.25, 0.3) is 0 Å². The Kier molecular flexibility index (Phi) is 2.82. The molecular weight excluding hydrogens is 295 g/mol. The maximum Gasteiger partial charge on any atom is 0.356 e. The highest BCUT2D eigenvalue weighted by molar-refractivity contribution is 7.60. The monoisotopic (exact) mass is 310 g/mol. The lowest BCUT2D eigenvalue weighted by Crippen LogP contribution is -2.11. The van der Waals surface area contributed by atoms with E-state index < -0.39 is 7.60 Å². The first kappa shape index (κ1) is 13.7. The summed E-state index contributed by atoms with van der Waals surface area (Å²) in [7, 11) is -4.29. The molecule has 0 aliphatic heterocycles. The summed E-state index contributed by atoms with van der Waals surface area (Å²) in [5, 5.41) is 6.57. The van der Waals surface area contributed by atoms with Crippen molar-refractivity contribution in [3.8, 4) is 0 Å². The molecule has 0 atom stereocenters. The summed E-state index contributed by atoms with van der Waals surface area (Å²) < 4.78 is 11.9. The van der Waals surface area contributed by atoms with E-state index in [0.29, 0.717) is 6.42 Å². The highest BCUT2D eigenvalue weighted by Gasteiger charge is 2.24. The summed E-state index contributed by atoms with van der Waals surface area (Å²) in [6.07, 6.45) is 0.592. The second kappa shape index (κ2) is 4.53. The van der Waals surface area contributed by atoms with Crippen molar-refractivity contribution in [2.24, 2.45) is 0 Å². The van der Waals surface area contributed by atoms with Gasteiger partial charge in [0.2, 0.25) is 0 Å². The minimum Gasteiger partial charge on any atom is -0.321 e. The van der Waals surface area contributed by atoms with Gasteiger partial charge in [0, 0.05) is 0 Å². The van der Waals surface area contributed by atoms with Gasteiger partial charge in [-0.15, -0.1) is 0 Å². The van der Waals surface area contributed by atoms with Crippen molar-refractivity contribution < 1.29 is 14.4 Å². The molecule has 2 N–H and O–H groups in total. The van der Waals surface area contributed by atoms with E-state index in [4.69, 9.17) is 0 Å². The van der Waals surface area contributed by atoms with E-state index in [-0.39, 0.29) is 5.30 Å². The van der Waals surface area contributed by atoms with Gasteiger partial charge in [-0.3, -0.25) is 4.57 Å². The van der Waals surface area contributed by atoms with Gasteiger partial charge in [-0.25, -0.2) is 0 Å². The van der Waals surface area contributed by atoms with Crippen molar-refractivity contribution in [2.45, 2.75) is 13.3 Å². The SMILES string of the molecule is CCc1c(P(=O)(O)O)cc2ccc3cccc4ccc1c2c34. The number of aryl methyl sites for hydroxylation is 1. The van der Waals surface area contributed by atoms with E-state index >= 15 is 0 Å². The third-order valence-electron chi connectivity index (χ3n) is 4.40. The lowest BCUT2D eigenvalue weighted by Gasteiger charge is -2.17. The van der Waals surface area contributed by atoms with Crippen LogP contribution in [0.5, 0.6) is 0 Å². The van der Waals surface area contributed by atoms with Gasteiger partial charge in [0.05, 0.1) is 5.30 Å². The molecule has 0 heterocycles. The molecule has 0 bridgehead atoms. The topological polar surface area (TPSA) is 57.5 Å². The normalized spacial score (nSPS) is 12.7. The van der Waals surface area contributed by atoms with Crippen LogP contribution in [0.2, 0.25) is 0 Å². The summed E-state index contributed by atoms with van der Waals surface area (Å²) in [5.41, 5.74) is 0.749. The van der Waals surface area contributed by atoms with Crippen LogP contribution < -0.4 is 5.30 Å². The highest BCUT2D eigenvalue weighted by Crippen LogP contribution is 2.41. The number of rotatable bonds is 2. The molecule has 0 fully saturated rings. The van der Waals surface area contributed by atoms with Gasteiger partial charge >= 0.3 is 7.60 Å². The van der Waals surface area contributed by atoms with E-state index in [9.17, 15) is 14.4 Å². The van der Waals surface area contributed by atoms with Crippen LogP contribution in [-0.2, 0) is 11.0 Å². The standard InChI is InChI=1S/C18H15O3P/c1-2-14-15-9-8-12-5-3-4-11-6-7-13(18(15)17(11)12)10-16(14)22(19,20)21/h3-10H,2H2,1H3,(H2,19,20,21). The van der Waals surface area contributed by atoms with Gasteiger partial charge in [-0.1, -0.05) is 49.4 Å². The largest absolute Gasteiger partial charge is 0.356 e. The second-order valence-electron chi connectivity index (χ2n) is 5.63. The molecule has 0 aliphatic rings. The first-order chi connectivity index (χ1) is 10.5. The van der Waals surface area contributed by atoms with Crippen LogP contribution in [0.4, 0.5) is 0 Å². The Hall–Kier alpha value is -1.93. The molecule has 0 radical (unpaired) electrons. The third-order valence-corrected chi connectivity index (χ3v) is 5.43. The fraction of sp³-hybridized carbons (Fsp3) is 0.111. The van der Waals surface area contributed by atoms with Crippen LogP contribution in [0.1, 0.15) is 12.5 Å². The molecule has 0 spiro atoms. The zero-order chi connectivity index (χ0) is 15.5. The molecule has 0 aromatic heterocycles. The van der Waals surface area contributed by atoms with Crippen molar-refractivity contribution in [3.63, 3.8) is 0 Å². The van der Waals surface area contributed by atoms with Crippen molar-refractivity contribution >= 4 is 45.2 Å². The Bertz CT molecular complexity index is 1050. The van der Waals surface area contributed by atoms with Crippen LogP contribution in [0.3, 0.4) is 0 Å². The van der Waals surface area contributed by atoms with Crippen LogP contribution >= 0.6 is 7.60 Å². The van der Waals surface area contributed by atoms with E-state index in [1.807, 2.05) is 37.3 Å². The third kappa shape index (κ3) is 1.80. The Balaban J connectivity index is 2.32. The molecule has 0 unspecified atom stereocenters. The predicted molar refractivity (Wildman–Crippen MR) is 91.2 cm³/mol. The zero-order valence-corrected chi connectivity index (χ0v) is 13.0. The van der Waals surface area contributed by atoms with Gasteiger partial charge < -0.3 is 9.79 Å². The molecule has 4 aromatic rings. The molecule has 22 heavy (non-hydrogen) atoms. The summed E-state index contributed by atoms with van der Waals surface area (Å²) in [6, 6.07) is 15.8. The number of hydrogen-bond acceptors (Lipinski definition) is 1. The quantitative estimate of drug-likeness (QED) is 0.435. The molecule has 4 aromatic carbocycles. The smallest absolute Gasteiger partial charge is 0.321 e. The fourth-order valence-electron chi connectivity index (χ4n) is 3.48. The van der Waals surface area contributed by atoms with Crippen LogP contribution in [-0.4, -0.2) is 9.79 Å². The average molecular weight is 310 g/mol. The first-order valence-electron chi connectivity index (χ1n) is 7.26. The number of hydrogen-bond donors (Lipinski definition) is 2. The Morgan fingerprint density at radius 1 is 0.909 bits per heavy atom. The molecule has 3 nitrogen and oxygen atoms in total. The van der Waals surface area contributed by atoms with E-state index in [0.717, 1.165) is 32.5 Å². The summed E-state index contributed by atoms with van der Waals surface area (Å²) in [6.45, 7) is 1.94.